The molecule has 1 aliphatic rings. The lowest BCUT2D eigenvalue weighted by atomic mass is 9.93. The minimum absolute atomic E-state index is 0.283. The van der Waals surface area contributed by atoms with Gasteiger partial charge in [0.25, 0.3) is 5.91 Å². The van der Waals surface area contributed by atoms with E-state index < -0.39 is 23.1 Å². The highest BCUT2D eigenvalue weighted by atomic mass is 79.9. The predicted octanol–water partition coefficient (Wildman–Crippen LogP) is 2.93. The number of benzene rings is 1. The number of hydrogen-bond donors (Lipinski definition) is 1. The molecule has 0 spiro atoms. The highest BCUT2D eigenvalue weighted by Crippen LogP contribution is 2.24. The van der Waals surface area contributed by atoms with Gasteiger partial charge >= 0.3 is 0 Å². The summed E-state index contributed by atoms with van der Waals surface area (Å²) >= 11 is 3.00. The molecule has 1 fully saturated rings. The van der Waals surface area contributed by atoms with E-state index in [4.69, 9.17) is 5.73 Å². The molecule has 6 heteroatoms. The Morgan fingerprint density at radius 3 is 2.35 bits per heavy atom. The predicted molar refractivity (Wildman–Crippen MR) is 76.4 cm³/mol. The number of rotatable bonds is 3. The van der Waals surface area contributed by atoms with Crippen molar-refractivity contribution in [3.05, 3.63) is 33.8 Å². The van der Waals surface area contributed by atoms with E-state index in [2.05, 4.69) is 15.9 Å². The van der Waals surface area contributed by atoms with Gasteiger partial charge in [-0.25, -0.2) is 8.78 Å². The van der Waals surface area contributed by atoms with Crippen molar-refractivity contribution in [3.63, 3.8) is 0 Å². The second-order valence-corrected chi connectivity index (χ2v) is 5.97. The molecule has 1 aliphatic heterocycles. The highest BCUT2D eigenvalue weighted by Gasteiger charge is 2.27. The normalized spacial score (nSPS) is 16.5. The molecule has 2 N–H and O–H groups in total. The molecular formula is C14H17BrF2N2O. The molecule has 1 aromatic carbocycles. The summed E-state index contributed by atoms with van der Waals surface area (Å²) in [7, 11) is 0. The van der Waals surface area contributed by atoms with Gasteiger partial charge in [0.15, 0.2) is 0 Å². The van der Waals surface area contributed by atoms with E-state index >= 15 is 0 Å². The smallest absolute Gasteiger partial charge is 0.259 e. The van der Waals surface area contributed by atoms with Crippen LogP contribution in [0.5, 0.6) is 0 Å². The Kier molecular flexibility index (Phi) is 5.10. The fourth-order valence-electron chi connectivity index (χ4n) is 2.57. The lowest BCUT2D eigenvalue weighted by Gasteiger charge is -2.32. The van der Waals surface area contributed by atoms with Gasteiger partial charge in [-0.05, 0) is 43.9 Å². The van der Waals surface area contributed by atoms with Crippen LogP contribution < -0.4 is 5.73 Å². The lowest BCUT2D eigenvalue weighted by Crippen LogP contribution is -2.39. The number of likely N-dealkylation sites (tertiary alicyclic amines) is 1. The van der Waals surface area contributed by atoms with Crippen LogP contribution in [-0.4, -0.2) is 30.4 Å². The molecule has 0 unspecified atom stereocenters. The number of carbonyl (C=O) groups is 1. The summed E-state index contributed by atoms with van der Waals surface area (Å²) < 4.78 is 27.8. The van der Waals surface area contributed by atoms with Gasteiger partial charge in [-0.3, -0.25) is 4.79 Å². The maximum atomic E-state index is 13.8. The topological polar surface area (TPSA) is 46.3 Å². The van der Waals surface area contributed by atoms with E-state index in [1.54, 1.807) is 0 Å². The third-order valence-electron chi connectivity index (χ3n) is 3.70. The Morgan fingerprint density at radius 2 is 1.85 bits per heavy atom. The van der Waals surface area contributed by atoms with Gasteiger partial charge in [0.05, 0.1) is 0 Å². The first-order valence-corrected chi connectivity index (χ1v) is 7.46. The number of piperidine rings is 1. The quantitative estimate of drug-likeness (QED) is 0.914. The van der Waals surface area contributed by atoms with Crippen LogP contribution in [0.1, 0.15) is 29.6 Å². The molecule has 1 amide bonds. The van der Waals surface area contributed by atoms with Crippen molar-refractivity contribution in [2.75, 3.05) is 19.6 Å². The van der Waals surface area contributed by atoms with Crippen molar-refractivity contribution < 1.29 is 13.6 Å². The van der Waals surface area contributed by atoms with Gasteiger partial charge in [-0.1, -0.05) is 15.9 Å². The van der Waals surface area contributed by atoms with Crippen molar-refractivity contribution in [3.8, 4) is 0 Å². The van der Waals surface area contributed by atoms with E-state index in [0.29, 0.717) is 25.6 Å². The number of halogens is 3. The molecular weight excluding hydrogens is 330 g/mol. The summed E-state index contributed by atoms with van der Waals surface area (Å²) in [5.74, 6) is -1.72. The van der Waals surface area contributed by atoms with E-state index in [9.17, 15) is 13.6 Å². The fourth-order valence-corrected chi connectivity index (χ4v) is 2.97. The maximum absolute atomic E-state index is 13.8. The Labute approximate surface area is 125 Å². The summed E-state index contributed by atoms with van der Waals surface area (Å²) in [6.45, 7) is 1.69. The third-order valence-corrected chi connectivity index (χ3v) is 4.16. The Balaban J connectivity index is 2.10. The van der Waals surface area contributed by atoms with Crippen LogP contribution in [0.2, 0.25) is 0 Å². The first kappa shape index (κ1) is 15.4. The number of hydrogen-bond acceptors (Lipinski definition) is 2. The van der Waals surface area contributed by atoms with Gasteiger partial charge in [0.1, 0.15) is 17.2 Å². The molecule has 0 radical (unpaired) electrons. The molecule has 0 aromatic heterocycles. The van der Waals surface area contributed by atoms with Gasteiger partial charge in [0, 0.05) is 17.6 Å². The number of carbonyl (C=O) groups excluding carboxylic acids is 1. The molecule has 1 saturated heterocycles. The molecule has 20 heavy (non-hydrogen) atoms. The van der Waals surface area contributed by atoms with Crippen molar-refractivity contribution in [2.45, 2.75) is 19.3 Å². The van der Waals surface area contributed by atoms with Crippen molar-refractivity contribution in [1.29, 1.82) is 0 Å². The SMILES string of the molecule is NCCC1CCN(C(=O)c2c(F)cc(Br)cc2F)CC1. The van der Waals surface area contributed by atoms with Crippen LogP contribution in [0.15, 0.2) is 16.6 Å². The van der Waals surface area contributed by atoms with Crippen LogP contribution >= 0.6 is 15.9 Å². The van der Waals surface area contributed by atoms with E-state index in [1.807, 2.05) is 0 Å². The largest absolute Gasteiger partial charge is 0.338 e. The second-order valence-electron chi connectivity index (χ2n) is 5.06. The molecule has 3 nitrogen and oxygen atoms in total. The van der Waals surface area contributed by atoms with Crippen LogP contribution in [0.25, 0.3) is 0 Å². The van der Waals surface area contributed by atoms with Gasteiger partial charge < -0.3 is 10.6 Å². The standard InChI is InChI=1S/C14H17BrF2N2O/c15-10-7-11(16)13(12(17)8-10)14(20)19-5-2-9(1-4-18)3-6-19/h7-9H,1-6,18H2. The van der Waals surface area contributed by atoms with Gasteiger partial charge in [-0.15, -0.1) is 0 Å². The minimum Gasteiger partial charge on any atom is -0.338 e. The lowest BCUT2D eigenvalue weighted by molar-refractivity contribution is 0.0678. The zero-order valence-electron chi connectivity index (χ0n) is 11.0. The highest BCUT2D eigenvalue weighted by molar-refractivity contribution is 9.10. The molecule has 0 aliphatic carbocycles. The number of amides is 1. The van der Waals surface area contributed by atoms with Gasteiger partial charge in [0.2, 0.25) is 0 Å². The van der Waals surface area contributed by atoms with Crippen LogP contribution in [0.4, 0.5) is 8.78 Å². The Hall–Kier alpha value is -1.01. The number of nitrogens with zero attached hydrogens (tertiary/aromatic N) is 1. The molecule has 1 aromatic rings. The Bertz CT molecular complexity index is 479. The summed E-state index contributed by atoms with van der Waals surface area (Å²) in [4.78, 5) is 13.7. The third kappa shape index (κ3) is 3.35. The minimum atomic E-state index is -0.828. The monoisotopic (exact) mass is 346 g/mol. The zero-order valence-corrected chi connectivity index (χ0v) is 12.6. The average molecular weight is 347 g/mol. The first-order chi connectivity index (χ1) is 9.52. The Morgan fingerprint density at radius 1 is 1.30 bits per heavy atom. The van der Waals surface area contributed by atoms with E-state index in [0.717, 1.165) is 31.4 Å². The average Bonchev–Trinajstić information content (AvgIpc) is 2.38. The van der Waals surface area contributed by atoms with Crippen molar-refractivity contribution in [1.82, 2.24) is 4.90 Å². The van der Waals surface area contributed by atoms with E-state index in [-0.39, 0.29) is 4.47 Å². The van der Waals surface area contributed by atoms with Crippen LogP contribution in [0, 0.1) is 17.6 Å². The summed E-state index contributed by atoms with van der Waals surface area (Å²) in [6.07, 6.45) is 2.61. The van der Waals surface area contributed by atoms with Crippen LogP contribution in [0.3, 0.4) is 0 Å². The molecule has 2 rings (SSSR count). The number of nitrogens with two attached hydrogens (primary N) is 1. The zero-order chi connectivity index (χ0) is 14.7. The molecule has 0 bridgehead atoms. The summed E-state index contributed by atoms with van der Waals surface area (Å²) in [6, 6.07) is 2.22. The molecule has 110 valence electrons. The maximum Gasteiger partial charge on any atom is 0.259 e. The summed E-state index contributed by atoms with van der Waals surface area (Å²) in [5, 5.41) is 0. The molecule has 0 saturated carbocycles. The van der Waals surface area contributed by atoms with Crippen molar-refractivity contribution in [2.24, 2.45) is 11.7 Å². The molecule has 0 atom stereocenters. The fraction of sp³-hybridized carbons (Fsp3) is 0.500. The molecule has 1 heterocycles. The van der Waals surface area contributed by atoms with Crippen LogP contribution in [-0.2, 0) is 0 Å². The first-order valence-electron chi connectivity index (χ1n) is 6.66. The van der Waals surface area contributed by atoms with Crippen molar-refractivity contribution >= 4 is 21.8 Å². The van der Waals surface area contributed by atoms with Gasteiger partial charge in [-0.2, -0.15) is 0 Å². The summed E-state index contributed by atoms with van der Waals surface area (Å²) in [5.41, 5.74) is 5.05. The second kappa shape index (κ2) is 6.63. The van der Waals surface area contributed by atoms with E-state index in [1.165, 1.54) is 4.90 Å².